The normalized spacial score (nSPS) is 22.5. The number of amides is 2. The predicted molar refractivity (Wildman–Crippen MR) is 89.5 cm³/mol. The Kier molecular flexibility index (Phi) is 5.45. The molecule has 0 spiro atoms. The number of nitrogens with zero attached hydrogens (tertiary/aromatic N) is 3. The molecular formula is C18H25N3O3. The molecule has 0 aromatic carbocycles. The van der Waals surface area contributed by atoms with Gasteiger partial charge >= 0.3 is 0 Å². The molecule has 0 N–H and O–H groups in total. The maximum Gasteiger partial charge on any atom is 0.253 e. The van der Waals surface area contributed by atoms with Gasteiger partial charge in [-0.2, -0.15) is 0 Å². The number of hydrogen-bond donors (Lipinski definition) is 0. The third kappa shape index (κ3) is 3.59. The molecule has 2 amide bonds. The van der Waals surface area contributed by atoms with Crippen molar-refractivity contribution in [2.24, 2.45) is 5.92 Å². The zero-order chi connectivity index (χ0) is 16.9. The molecule has 3 rings (SSSR count). The first kappa shape index (κ1) is 16.9. The molecule has 2 aliphatic rings. The third-order valence-electron chi connectivity index (χ3n) is 5.04. The van der Waals surface area contributed by atoms with E-state index in [1.807, 2.05) is 9.80 Å². The first-order valence-electron chi connectivity index (χ1n) is 8.78. The highest BCUT2D eigenvalue weighted by Crippen LogP contribution is 2.23. The first-order chi connectivity index (χ1) is 11.7. The van der Waals surface area contributed by atoms with E-state index in [0.717, 1.165) is 19.3 Å². The van der Waals surface area contributed by atoms with E-state index < -0.39 is 0 Å². The number of morpholine rings is 1. The van der Waals surface area contributed by atoms with Crippen LogP contribution in [0.1, 0.15) is 36.5 Å². The zero-order valence-corrected chi connectivity index (χ0v) is 14.2. The lowest BCUT2D eigenvalue weighted by Crippen LogP contribution is -2.52. The summed E-state index contributed by atoms with van der Waals surface area (Å²) in [5.74, 6) is 0.293. The van der Waals surface area contributed by atoms with Crippen LogP contribution >= 0.6 is 0 Å². The van der Waals surface area contributed by atoms with E-state index in [0.29, 0.717) is 38.4 Å². The zero-order valence-electron chi connectivity index (χ0n) is 14.2. The molecule has 1 aromatic heterocycles. The van der Waals surface area contributed by atoms with Crippen molar-refractivity contribution in [3.63, 3.8) is 0 Å². The van der Waals surface area contributed by atoms with Crippen LogP contribution in [0.5, 0.6) is 0 Å². The summed E-state index contributed by atoms with van der Waals surface area (Å²) in [5, 5.41) is 0. The molecule has 6 heteroatoms. The number of pyridine rings is 1. The van der Waals surface area contributed by atoms with Crippen LogP contribution in [-0.4, -0.2) is 65.5 Å². The average Bonchev–Trinajstić information content (AvgIpc) is 2.67. The van der Waals surface area contributed by atoms with Crippen molar-refractivity contribution in [2.75, 3.05) is 32.8 Å². The number of likely N-dealkylation sites (tertiary alicyclic amines) is 1. The van der Waals surface area contributed by atoms with Crippen molar-refractivity contribution in [1.29, 1.82) is 0 Å². The minimum atomic E-state index is 0.0265. The van der Waals surface area contributed by atoms with Crippen molar-refractivity contribution in [3.05, 3.63) is 30.1 Å². The van der Waals surface area contributed by atoms with Crippen LogP contribution in [0.4, 0.5) is 0 Å². The highest BCUT2D eigenvalue weighted by Gasteiger charge is 2.34. The second-order valence-corrected chi connectivity index (χ2v) is 6.47. The van der Waals surface area contributed by atoms with Gasteiger partial charge in [0.2, 0.25) is 5.91 Å². The smallest absolute Gasteiger partial charge is 0.253 e. The Labute approximate surface area is 142 Å². The Hall–Kier alpha value is -1.95. The summed E-state index contributed by atoms with van der Waals surface area (Å²) in [4.78, 5) is 33.1. The topological polar surface area (TPSA) is 62.7 Å². The minimum absolute atomic E-state index is 0.0265. The quantitative estimate of drug-likeness (QED) is 0.843. The van der Waals surface area contributed by atoms with Crippen LogP contribution in [0.15, 0.2) is 24.5 Å². The summed E-state index contributed by atoms with van der Waals surface area (Å²) in [6.45, 7) is 5.32. The van der Waals surface area contributed by atoms with Crippen molar-refractivity contribution < 1.29 is 14.3 Å². The molecule has 3 heterocycles. The lowest BCUT2D eigenvalue weighted by Gasteiger charge is -2.39. The number of ether oxygens (including phenoxy) is 1. The van der Waals surface area contributed by atoms with Gasteiger partial charge in [0.05, 0.1) is 19.3 Å². The molecule has 6 nitrogen and oxygen atoms in total. The molecule has 0 radical (unpaired) electrons. The Bertz CT molecular complexity index is 570. The second kappa shape index (κ2) is 7.75. The molecule has 1 aromatic rings. The fraction of sp³-hybridized carbons (Fsp3) is 0.611. The molecule has 0 saturated carbocycles. The van der Waals surface area contributed by atoms with E-state index in [2.05, 4.69) is 11.9 Å². The number of carbonyl (C=O) groups is 2. The van der Waals surface area contributed by atoms with E-state index in [1.165, 1.54) is 0 Å². The fourth-order valence-electron chi connectivity index (χ4n) is 3.52. The van der Waals surface area contributed by atoms with Crippen LogP contribution in [0.3, 0.4) is 0 Å². The van der Waals surface area contributed by atoms with Crippen molar-refractivity contribution >= 4 is 11.8 Å². The number of rotatable bonds is 3. The molecular weight excluding hydrogens is 306 g/mol. The number of aromatic nitrogens is 1. The van der Waals surface area contributed by atoms with Gasteiger partial charge in [0.25, 0.3) is 5.91 Å². The number of hydrogen-bond acceptors (Lipinski definition) is 4. The Morgan fingerprint density at radius 1 is 1.21 bits per heavy atom. The predicted octanol–water partition coefficient (Wildman–Crippen LogP) is 1.57. The van der Waals surface area contributed by atoms with Crippen LogP contribution < -0.4 is 0 Å². The third-order valence-corrected chi connectivity index (χ3v) is 5.04. The second-order valence-electron chi connectivity index (χ2n) is 6.47. The fourth-order valence-corrected chi connectivity index (χ4v) is 3.52. The molecule has 1 unspecified atom stereocenters. The summed E-state index contributed by atoms with van der Waals surface area (Å²) in [6, 6.07) is 3.67. The summed E-state index contributed by atoms with van der Waals surface area (Å²) in [7, 11) is 0. The van der Waals surface area contributed by atoms with Crippen LogP contribution in [0.2, 0.25) is 0 Å². The van der Waals surface area contributed by atoms with Gasteiger partial charge < -0.3 is 14.5 Å². The van der Waals surface area contributed by atoms with Crippen molar-refractivity contribution in [2.45, 2.75) is 32.2 Å². The lowest BCUT2D eigenvalue weighted by molar-refractivity contribution is -0.145. The van der Waals surface area contributed by atoms with Crippen molar-refractivity contribution in [1.82, 2.24) is 14.8 Å². The minimum Gasteiger partial charge on any atom is -0.377 e. The summed E-state index contributed by atoms with van der Waals surface area (Å²) >= 11 is 0. The lowest BCUT2D eigenvalue weighted by atomic mass is 9.93. The Morgan fingerprint density at radius 3 is 2.58 bits per heavy atom. The van der Waals surface area contributed by atoms with Gasteiger partial charge in [-0.05, 0) is 31.4 Å². The molecule has 24 heavy (non-hydrogen) atoms. The highest BCUT2D eigenvalue weighted by atomic mass is 16.5. The van der Waals surface area contributed by atoms with E-state index >= 15 is 0 Å². The summed E-state index contributed by atoms with van der Waals surface area (Å²) in [6.07, 6.45) is 5.66. The standard InChI is InChI=1S/C18H25N3O3/c1-2-16-13-24-12-11-21(16)18(23)15-5-9-20(10-6-15)17(22)14-3-7-19-8-4-14/h3-4,7-8,15-16H,2,5-6,9-13H2,1H3. The van der Waals surface area contributed by atoms with E-state index in [-0.39, 0.29) is 23.8 Å². The SMILES string of the molecule is CCC1COCCN1C(=O)C1CCN(C(=O)c2ccncc2)CC1. The maximum absolute atomic E-state index is 12.8. The van der Waals surface area contributed by atoms with Gasteiger partial charge in [0, 0.05) is 43.5 Å². The van der Waals surface area contributed by atoms with E-state index in [1.54, 1.807) is 24.5 Å². The van der Waals surface area contributed by atoms with Gasteiger partial charge in [-0.3, -0.25) is 14.6 Å². The summed E-state index contributed by atoms with van der Waals surface area (Å²) < 4.78 is 5.49. The van der Waals surface area contributed by atoms with Crippen LogP contribution in [0, 0.1) is 5.92 Å². The first-order valence-corrected chi connectivity index (χ1v) is 8.78. The Morgan fingerprint density at radius 2 is 1.92 bits per heavy atom. The molecule has 2 saturated heterocycles. The van der Waals surface area contributed by atoms with E-state index in [9.17, 15) is 9.59 Å². The molecule has 2 aliphatic heterocycles. The Balaban J connectivity index is 1.56. The maximum atomic E-state index is 12.8. The highest BCUT2D eigenvalue weighted by molar-refractivity contribution is 5.94. The molecule has 130 valence electrons. The van der Waals surface area contributed by atoms with Gasteiger partial charge in [-0.15, -0.1) is 0 Å². The molecule has 2 fully saturated rings. The van der Waals surface area contributed by atoms with Crippen molar-refractivity contribution in [3.8, 4) is 0 Å². The number of piperidine rings is 1. The summed E-state index contributed by atoms with van der Waals surface area (Å²) in [5.41, 5.74) is 0.661. The van der Waals surface area contributed by atoms with Crippen LogP contribution in [-0.2, 0) is 9.53 Å². The molecule has 1 atom stereocenters. The largest absolute Gasteiger partial charge is 0.377 e. The molecule has 0 aliphatic carbocycles. The van der Waals surface area contributed by atoms with Gasteiger partial charge in [0.15, 0.2) is 0 Å². The average molecular weight is 331 g/mol. The van der Waals surface area contributed by atoms with Crippen LogP contribution in [0.25, 0.3) is 0 Å². The van der Waals surface area contributed by atoms with Gasteiger partial charge in [-0.1, -0.05) is 6.92 Å². The monoisotopic (exact) mass is 331 g/mol. The molecule has 0 bridgehead atoms. The number of carbonyl (C=O) groups excluding carboxylic acids is 2. The van der Waals surface area contributed by atoms with E-state index in [4.69, 9.17) is 4.74 Å². The van der Waals surface area contributed by atoms with Gasteiger partial charge in [-0.25, -0.2) is 0 Å². The van der Waals surface area contributed by atoms with Gasteiger partial charge in [0.1, 0.15) is 0 Å².